The van der Waals surface area contributed by atoms with Gasteiger partial charge < -0.3 is 5.32 Å². The Kier molecular flexibility index (Phi) is 3.55. The summed E-state index contributed by atoms with van der Waals surface area (Å²) in [5, 5.41) is 3.12. The molecule has 1 saturated heterocycles. The maximum Gasteiger partial charge on any atom is 0.224 e. The van der Waals surface area contributed by atoms with Gasteiger partial charge in [-0.25, -0.2) is 0 Å². The van der Waals surface area contributed by atoms with E-state index in [1.54, 1.807) is 0 Å². The van der Waals surface area contributed by atoms with Crippen molar-refractivity contribution in [3.05, 3.63) is 71.3 Å². The highest BCUT2D eigenvalue weighted by Crippen LogP contribution is 2.30. The number of amides is 1. The van der Waals surface area contributed by atoms with Gasteiger partial charge in [0.05, 0.1) is 6.04 Å². The maximum atomic E-state index is 12.1. The van der Waals surface area contributed by atoms with E-state index >= 15 is 0 Å². The predicted molar refractivity (Wildman–Crippen MR) is 80.3 cm³/mol. The van der Waals surface area contributed by atoms with Crippen LogP contribution in [0.1, 0.15) is 29.2 Å². The lowest BCUT2D eigenvalue weighted by atomic mass is 9.94. The Morgan fingerprint density at radius 1 is 1.05 bits per heavy atom. The second-order valence-corrected chi connectivity index (χ2v) is 5.59. The van der Waals surface area contributed by atoms with Crippen molar-refractivity contribution in [2.45, 2.75) is 25.8 Å². The van der Waals surface area contributed by atoms with Crippen LogP contribution >= 0.6 is 0 Å². The van der Waals surface area contributed by atoms with Crippen LogP contribution in [0.5, 0.6) is 0 Å². The molecule has 2 unspecified atom stereocenters. The van der Waals surface area contributed by atoms with Gasteiger partial charge in [-0.3, -0.25) is 4.79 Å². The number of nitrogens with one attached hydrogen (secondary N) is 1. The highest BCUT2D eigenvalue weighted by Gasteiger charge is 2.32. The van der Waals surface area contributed by atoms with Crippen molar-refractivity contribution in [2.75, 3.05) is 0 Å². The molecule has 0 saturated carbocycles. The van der Waals surface area contributed by atoms with Crippen LogP contribution < -0.4 is 5.32 Å². The molecule has 102 valence electrons. The molecule has 3 rings (SSSR count). The van der Waals surface area contributed by atoms with E-state index in [1.807, 2.05) is 18.2 Å². The molecule has 2 nitrogen and oxygen atoms in total. The zero-order chi connectivity index (χ0) is 13.9. The fourth-order valence-corrected chi connectivity index (χ4v) is 2.83. The molecule has 0 spiro atoms. The quantitative estimate of drug-likeness (QED) is 0.905. The third-order valence-electron chi connectivity index (χ3n) is 4.01. The number of rotatable bonds is 3. The average Bonchev–Trinajstić information content (AvgIpc) is 2.82. The molecule has 0 aromatic heterocycles. The van der Waals surface area contributed by atoms with Gasteiger partial charge >= 0.3 is 0 Å². The average molecular weight is 265 g/mol. The van der Waals surface area contributed by atoms with E-state index in [9.17, 15) is 4.79 Å². The number of aryl methyl sites for hydroxylation is 1. The van der Waals surface area contributed by atoms with E-state index in [1.165, 1.54) is 16.7 Å². The minimum absolute atomic E-state index is 0.0868. The Morgan fingerprint density at radius 2 is 1.75 bits per heavy atom. The van der Waals surface area contributed by atoms with Crippen molar-refractivity contribution < 1.29 is 4.79 Å². The number of carbonyl (C=O) groups excluding carboxylic acids is 1. The van der Waals surface area contributed by atoms with Gasteiger partial charge in [0, 0.05) is 5.92 Å². The molecule has 0 bridgehead atoms. The van der Waals surface area contributed by atoms with Crippen molar-refractivity contribution >= 4 is 5.91 Å². The summed E-state index contributed by atoms with van der Waals surface area (Å²) in [6.45, 7) is 2.08. The van der Waals surface area contributed by atoms with Gasteiger partial charge in [0.15, 0.2) is 0 Å². The largest absolute Gasteiger partial charge is 0.349 e. The molecule has 2 aromatic carbocycles. The fourth-order valence-electron chi connectivity index (χ4n) is 2.83. The zero-order valence-electron chi connectivity index (χ0n) is 11.7. The topological polar surface area (TPSA) is 29.1 Å². The van der Waals surface area contributed by atoms with Gasteiger partial charge in [0.25, 0.3) is 0 Å². The Morgan fingerprint density at radius 3 is 2.45 bits per heavy atom. The highest BCUT2D eigenvalue weighted by molar-refractivity contribution is 5.81. The summed E-state index contributed by atoms with van der Waals surface area (Å²) in [5.74, 6) is 0.267. The lowest BCUT2D eigenvalue weighted by molar-refractivity contribution is -0.122. The first-order valence-corrected chi connectivity index (χ1v) is 7.13. The van der Waals surface area contributed by atoms with Gasteiger partial charge in [-0.1, -0.05) is 60.2 Å². The summed E-state index contributed by atoms with van der Waals surface area (Å²) in [6.07, 6.45) is 1.71. The molecule has 20 heavy (non-hydrogen) atoms. The Hall–Kier alpha value is -2.09. The van der Waals surface area contributed by atoms with Crippen molar-refractivity contribution in [1.82, 2.24) is 5.32 Å². The summed E-state index contributed by atoms with van der Waals surface area (Å²) in [4.78, 5) is 12.1. The molecule has 2 aromatic rings. The second kappa shape index (κ2) is 5.49. The summed E-state index contributed by atoms with van der Waals surface area (Å²) in [7, 11) is 0. The fraction of sp³-hybridized carbons (Fsp3) is 0.278. The van der Waals surface area contributed by atoms with E-state index in [4.69, 9.17) is 0 Å². The summed E-state index contributed by atoms with van der Waals surface area (Å²) >= 11 is 0. The number of carbonyl (C=O) groups is 1. The first-order valence-electron chi connectivity index (χ1n) is 7.13. The number of hydrogen-bond acceptors (Lipinski definition) is 1. The third-order valence-corrected chi connectivity index (χ3v) is 4.01. The Labute approximate surface area is 119 Å². The first kappa shape index (κ1) is 12.9. The van der Waals surface area contributed by atoms with Gasteiger partial charge in [0.2, 0.25) is 5.91 Å². The minimum Gasteiger partial charge on any atom is -0.349 e. The van der Waals surface area contributed by atoms with E-state index in [-0.39, 0.29) is 17.9 Å². The molecule has 1 aliphatic heterocycles. The lowest BCUT2D eigenvalue weighted by Gasteiger charge is -2.10. The van der Waals surface area contributed by atoms with Gasteiger partial charge in [-0.05, 0) is 30.9 Å². The second-order valence-electron chi connectivity index (χ2n) is 5.59. The van der Waals surface area contributed by atoms with Crippen LogP contribution in [0.4, 0.5) is 0 Å². The lowest BCUT2D eigenvalue weighted by Crippen LogP contribution is -2.22. The van der Waals surface area contributed by atoms with Crippen LogP contribution in [-0.4, -0.2) is 5.91 Å². The number of benzene rings is 2. The smallest absolute Gasteiger partial charge is 0.224 e. The van der Waals surface area contributed by atoms with Crippen LogP contribution in [0.15, 0.2) is 54.6 Å². The van der Waals surface area contributed by atoms with Crippen molar-refractivity contribution in [3.63, 3.8) is 0 Å². The SMILES string of the molecule is Cc1ccc(C2CC(Cc3ccccc3)C(=O)N2)cc1. The minimum atomic E-state index is 0.0868. The van der Waals surface area contributed by atoms with E-state index in [0.717, 1.165) is 12.8 Å². The van der Waals surface area contributed by atoms with Crippen molar-refractivity contribution in [1.29, 1.82) is 0 Å². The standard InChI is InChI=1S/C18H19NO/c1-13-7-9-15(10-8-13)17-12-16(18(20)19-17)11-14-5-3-2-4-6-14/h2-10,16-17H,11-12H2,1H3,(H,19,20). The van der Waals surface area contributed by atoms with Crippen LogP contribution in [0.2, 0.25) is 0 Å². The van der Waals surface area contributed by atoms with Gasteiger partial charge in [-0.2, -0.15) is 0 Å². The summed E-state index contributed by atoms with van der Waals surface area (Å²) in [5.41, 5.74) is 3.69. The van der Waals surface area contributed by atoms with E-state index in [2.05, 4.69) is 48.6 Å². The van der Waals surface area contributed by atoms with Crippen LogP contribution in [0.25, 0.3) is 0 Å². The van der Waals surface area contributed by atoms with E-state index in [0.29, 0.717) is 0 Å². The molecular formula is C18H19NO. The first-order chi connectivity index (χ1) is 9.72. The normalized spacial score (nSPS) is 21.8. The molecule has 1 N–H and O–H groups in total. The Balaban J connectivity index is 1.70. The van der Waals surface area contributed by atoms with Gasteiger partial charge in [-0.15, -0.1) is 0 Å². The Bertz CT molecular complexity index is 589. The molecule has 2 atom stereocenters. The molecule has 2 heteroatoms. The third kappa shape index (κ3) is 2.74. The molecule has 0 aliphatic carbocycles. The van der Waals surface area contributed by atoms with Crippen molar-refractivity contribution in [2.24, 2.45) is 5.92 Å². The molecule has 1 heterocycles. The summed E-state index contributed by atoms with van der Waals surface area (Å²) in [6, 6.07) is 18.8. The monoisotopic (exact) mass is 265 g/mol. The van der Waals surface area contributed by atoms with Gasteiger partial charge in [0.1, 0.15) is 0 Å². The molecule has 1 fully saturated rings. The van der Waals surface area contributed by atoms with Crippen LogP contribution in [0, 0.1) is 12.8 Å². The highest BCUT2D eigenvalue weighted by atomic mass is 16.2. The molecular weight excluding hydrogens is 246 g/mol. The number of hydrogen-bond donors (Lipinski definition) is 1. The summed E-state index contributed by atoms with van der Waals surface area (Å²) < 4.78 is 0. The maximum absolute atomic E-state index is 12.1. The molecule has 1 aliphatic rings. The molecule has 0 radical (unpaired) electrons. The van der Waals surface area contributed by atoms with Crippen LogP contribution in [-0.2, 0) is 11.2 Å². The zero-order valence-corrected chi connectivity index (χ0v) is 11.7. The van der Waals surface area contributed by atoms with Crippen molar-refractivity contribution in [3.8, 4) is 0 Å². The molecule has 1 amide bonds. The predicted octanol–water partition coefficient (Wildman–Crippen LogP) is 3.41. The van der Waals surface area contributed by atoms with Crippen LogP contribution in [0.3, 0.4) is 0 Å². The van der Waals surface area contributed by atoms with E-state index < -0.39 is 0 Å².